The van der Waals surface area contributed by atoms with Crippen molar-refractivity contribution in [3.8, 4) is 0 Å². The highest BCUT2D eigenvalue weighted by Gasteiger charge is 2.00. The average Bonchev–Trinajstić information content (AvgIpc) is 2.18. The van der Waals surface area contributed by atoms with Crippen LogP contribution in [-0.2, 0) is 6.42 Å². The van der Waals surface area contributed by atoms with Crippen LogP contribution in [0.4, 0.5) is 0 Å². The molecule has 3 heteroatoms. The molecule has 1 aromatic carbocycles. The predicted octanol–water partition coefficient (Wildman–Crippen LogP) is 4.10. The lowest BCUT2D eigenvalue weighted by Gasteiger charge is -2.01. The summed E-state index contributed by atoms with van der Waals surface area (Å²) in [4.78, 5) is 0. The Kier molecular flexibility index (Phi) is 6.33. The van der Waals surface area contributed by atoms with Crippen molar-refractivity contribution < 1.29 is 0 Å². The summed E-state index contributed by atoms with van der Waals surface area (Å²) in [5.74, 6) is 0. The zero-order valence-corrected chi connectivity index (χ0v) is 10.9. The van der Waals surface area contributed by atoms with Gasteiger partial charge in [0, 0.05) is 0 Å². The van der Waals surface area contributed by atoms with E-state index in [9.17, 15) is 0 Å². The lowest BCUT2D eigenvalue weighted by Crippen LogP contribution is -1.92. The Morgan fingerprint density at radius 1 is 0.929 bits per heavy atom. The highest BCUT2D eigenvalue weighted by molar-refractivity contribution is 7.33. The van der Waals surface area contributed by atoms with Crippen molar-refractivity contribution in [3.63, 3.8) is 0 Å². The van der Waals surface area contributed by atoms with Crippen molar-refractivity contribution in [2.45, 2.75) is 31.7 Å². The van der Waals surface area contributed by atoms with E-state index in [2.05, 4.69) is 30.3 Å². The summed E-state index contributed by atoms with van der Waals surface area (Å²) < 4.78 is 0. The van der Waals surface area contributed by atoms with Gasteiger partial charge >= 0.3 is 0 Å². The second kappa shape index (κ2) is 7.33. The highest BCUT2D eigenvalue weighted by atomic mass is 35.7. The molecule has 0 aliphatic rings. The zero-order chi connectivity index (χ0) is 10.2. The minimum atomic E-state index is -1.34. The molecule has 0 spiro atoms. The van der Waals surface area contributed by atoms with E-state index in [0.29, 0.717) is 0 Å². The van der Waals surface area contributed by atoms with Crippen LogP contribution in [0, 0.1) is 0 Å². The standard InChI is InChI=1S/C11H16Cl2Si/c12-14(13)10-6-2-5-9-11-7-3-1-4-8-11/h1,3-4,7-8,14H,2,5-6,9-10H2. The third kappa shape index (κ3) is 5.69. The second-order valence-electron chi connectivity index (χ2n) is 3.48. The van der Waals surface area contributed by atoms with Crippen LogP contribution in [0.25, 0.3) is 0 Å². The van der Waals surface area contributed by atoms with Crippen molar-refractivity contribution in [1.29, 1.82) is 0 Å². The largest absolute Gasteiger partial charge is 0.237 e. The Morgan fingerprint density at radius 3 is 2.29 bits per heavy atom. The van der Waals surface area contributed by atoms with Crippen LogP contribution >= 0.6 is 22.2 Å². The van der Waals surface area contributed by atoms with Crippen LogP contribution in [0.1, 0.15) is 24.8 Å². The summed E-state index contributed by atoms with van der Waals surface area (Å²) in [5.41, 5.74) is 1.43. The Hall–Kier alpha value is 0.0169. The average molecular weight is 247 g/mol. The van der Waals surface area contributed by atoms with E-state index < -0.39 is 7.42 Å². The molecule has 0 saturated carbocycles. The molecule has 1 aromatic rings. The van der Waals surface area contributed by atoms with Gasteiger partial charge in [-0.25, -0.2) is 0 Å². The molecule has 1 rings (SSSR count). The maximum absolute atomic E-state index is 5.78. The van der Waals surface area contributed by atoms with E-state index in [1.807, 2.05) is 0 Å². The minimum absolute atomic E-state index is 1.05. The summed E-state index contributed by atoms with van der Waals surface area (Å²) in [6, 6.07) is 11.7. The van der Waals surface area contributed by atoms with Gasteiger partial charge in [0.15, 0.2) is 0 Å². The molecular weight excluding hydrogens is 231 g/mol. The molecule has 0 radical (unpaired) electrons. The summed E-state index contributed by atoms with van der Waals surface area (Å²) >= 11 is 11.6. The van der Waals surface area contributed by atoms with Gasteiger partial charge in [-0.1, -0.05) is 43.2 Å². The van der Waals surface area contributed by atoms with Crippen molar-refractivity contribution in [2.24, 2.45) is 0 Å². The second-order valence-corrected chi connectivity index (χ2v) is 8.67. The number of rotatable bonds is 6. The number of aryl methyl sites for hydroxylation is 1. The SMILES string of the molecule is Cl[SiH](Cl)CCCCCc1ccccc1. The van der Waals surface area contributed by atoms with Gasteiger partial charge in [0.05, 0.1) is 0 Å². The smallest absolute Gasteiger partial charge is 0.150 e. The van der Waals surface area contributed by atoms with E-state index in [4.69, 9.17) is 22.2 Å². The van der Waals surface area contributed by atoms with E-state index in [1.54, 1.807) is 0 Å². The molecular formula is C11H16Cl2Si. The summed E-state index contributed by atoms with van der Waals surface area (Å²) in [7, 11) is -1.34. The highest BCUT2D eigenvalue weighted by Crippen LogP contribution is 2.12. The molecule has 0 unspecified atom stereocenters. The maximum atomic E-state index is 5.78. The third-order valence-corrected chi connectivity index (χ3v) is 4.38. The summed E-state index contributed by atoms with van der Waals surface area (Å²) in [5, 5.41) is 0. The molecule has 0 aliphatic carbocycles. The molecule has 0 aromatic heterocycles. The quantitative estimate of drug-likeness (QED) is 0.403. The first-order chi connectivity index (χ1) is 6.79. The lowest BCUT2D eigenvalue weighted by molar-refractivity contribution is 0.716. The van der Waals surface area contributed by atoms with Gasteiger partial charge in [0.25, 0.3) is 0 Å². The van der Waals surface area contributed by atoms with E-state index in [-0.39, 0.29) is 0 Å². The number of hydrogen-bond acceptors (Lipinski definition) is 0. The molecule has 14 heavy (non-hydrogen) atoms. The van der Waals surface area contributed by atoms with Crippen LogP contribution < -0.4 is 0 Å². The fraction of sp³-hybridized carbons (Fsp3) is 0.455. The van der Waals surface area contributed by atoms with Gasteiger partial charge in [0.2, 0.25) is 7.42 Å². The summed E-state index contributed by atoms with van der Waals surface area (Å²) in [6.45, 7) is 0. The topological polar surface area (TPSA) is 0 Å². The van der Waals surface area contributed by atoms with Crippen LogP contribution in [0.2, 0.25) is 6.04 Å². The molecule has 78 valence electrons. The van der Waals surface area contributed by atoms with Crippen LogP contribution in [-0.4, -0.2) is 7.42 Å². The minimum Gasteiger partial charge on any atom is -0.150 e. The van der Waals surface area contributed by atoms with Gasteiger partial charge in [0.1, 0.15) is 0 Å². The van der Waals surface area contributed by atoms with Crippen LogP contribution in [0.3, 0.4) is 0 Å². The van der Waals surface area contributed by atoms with Gasteiger partial charge in [-0.15, -0.1) is 0 Å². The first-order valence-electron chi connectivity index (χ1n) is 5.11. The van der Waals surface area contributed by atoms with Crippen molar-refractivity contribution in [1.82, 2.24) is 0 Å². The van der Waals surface area contributed by atoms with Crippen LogP contribution in [0.15, 0.2) is 30.3 Å². The number of halogens is 2. The first-order valence-corrected chi connectivity index (χ1v) is 9.42. The summed E-state index contributed by atoms with van der Waals surface area (Å²) in [6.07, 6.45) is 4.87. The van der Waals surface area contributed by atoms with E-state index in [0.717, 1.165) is 6.04 Å². The Morgan fingerprint density at radius 2 is 1.64 bits per heavy atom. The molecule has 0 nitrogen and oxygen atoms in total. The molecule has 0 N–H and O–H groups in total. The van der Waals surface area contributed by atoms with Crippen molar-refractivity contribution in [2.75, 3.05) is 0 Å². The van der Waals surface area contributed by atoms with Gasteiger partial charge in [-0.3, -0.25) is 0 Å². The Labute approximate surface area is 97.3 Å². The molecule has 0 atom stereocenters. The molecule has 0 saturated heterocycles. The molecule has 0 heterocycles. The molecule has 0 amide bonds. The Bertz CT molecular complexity index is 236. The zero-order valence-electron chi connectivity index (χ0n) is 8.26. The molecule has 0 fully saturated rings. The normalized spacial score (nSPS) is 10.8. The van der Waals surface area contributed by atoms with Crippen molar-refractivity contribution >= 4 is 29.6 Å². The molecule has 0 bridgehead atoms. The fourth-order valence-corrected chi connectivity index (χ4v) is 2.97. The number of benzene rings is 1. The van der Waals surface area contributed by atoms with Gasteiger partial charge < -0.3 is 0 Å². The van der Waals surface area contributed by atoms with E-state index in [1.165, 1.54) is 31.2 Å². The van der Waals surface area contributed by atoms with E-state index >= 15 is 0 Å². The Balaban J connectivity index is 2.05. The number of hydrogen-bond donors (Lipinski definition) is 0. The maximum Gasteiger partial charge on any atom is 0.237 e. The van der Waals surface area contributed by atoms with Gasteiger partial charge in [-0.05, 0) is 24.4 Å². The number of unbranched alkanes of at least 4 members (excludes halogenated alkanes) is 2. The lowest BCUT2D eigenvalue weighted by atomic mass is 10.1. The van der Waals surface area contributed by atoms with Crippen molar-refractivity contribution in [3.05, 3.63) is 35.9 Å². The predicted molar refractivity (Wildman–Crippen MR) is 67.7 cm³/mol. The van der Waals surface area contributed by atoms with Crippen LogP contribution in [0.5, 0.6) is 0 Å². The van der Waals surface area contributed by atoms with Gasteiger partial charge in [-0.2, -0.15) is 22.2 Å². The third-order valence-electron chi connectivity index (χ3n) is 2.23. The first kappa shape index (κ1) is 12.1. The monoisotopic (exact) mass is 246 g/mol. The molecule has 0 aliphatic heterocycles. The fourth-order valence-electron chi connectivity index (χ4n) is 1.45.